The van der Waals surface area contributed by atoms with Gasteiger partial charge in [0, 0.05) is 30.2 Å². The summed E-state index contributed by atoms with van der Waals surface area (Å²) in [5.74, 6) is 2.95. The first-order valence-electron chi connectivity index (χ1n) is 10.2. The van der Waals surface area contributed by atoms with Crippen molar-refractivity contribution in [3.63, 3.8) is 0 Å². The molecular weight excluding hydrogens is 398 g/mol. The molecule has 0 aromatic heterocycles. The normalized spacial score (nSPS) is 14.7. The number of carbonyl (C=O) groups is 1. The summed E-state index contributed by atoms with van der Waals surface area (Å²) in [7, 11) is 4.65. The standard InChI is InChI=1S/C24H29NO6/c1-6-30-19-12-17-9-15(2)31-20(17)13-18(19)14-25-23(26)8-7-16-10-21(27-3)24(29-5)22(11-16)28-4/h7-8,10-13,15H,6,9,14H2,1-5H3,(H,25,26)/b8-7+/t15-/m0/s1. The van der Waals surface area contributed by atoms with E-state index in [1.165, 1.54) is 6.08 Å². The quantitative estimate of drug-likeness (QED) is 0.614. The van der Waals surface area contributed by atoms with Gasteiger partial charge >= 0.3 is 0 Å². The fraction of sp³-hybridized carbons (Fsp3) is 0.375. The Kier molecular flexibility index (Phi) is 7.28. The van der Waals surface area contributed by atoms with Gasteiger partial charge in [-0.1, -0.05) is 0 Å². The second-order valence-electron chi connectivity index (χ2n) is 7.14. The molecule has 2 aromatic rings. The number of ether oxygens (including phenoxy) is 5. The van der Waals surface area contributed by atoms with Gasteiger partial charge in [0.2, 0.25) is 11.7 Å². The Morgan fingerprint density at radius 1 is 1.10 bits per heavy atom. The van der Waals surface area contributed by atoms with E-state index in [4.69, 9.17) is 23.7 Å². The van der Waals surface area contributed by atoms with Crippen molar-refractivity contribution < 1.29 is 28.5 Å². The maximum Gasteiger partial charge on any atom is 0.244 e. The van der Waals surface area contributed by atoms with Crippen LogP contribution in [0.5, 0.6) is 28.7 Å². The van der Waals surface area contributed by atoms with Crippen molar-refractivity contribution in [2.75, 3.05) is 27.9 Å². The average molecular weight is 427 g/mol. The lowest BCUT2D eigenvalue weighted by atomic mass is 10.1. The van der Waals surface area contributed by atoms with Gasteiger partial charge in [-0.15, -0.1) is 0 Å². The Hall–Kier alpha value is -3.35. The van der Waals surface area contributed by atoms with Crippen LogP contribution < -0.4 is 29.0 Å². The van der Waals surface area contributed by atoms with E-state index in [0.717, 1.165) is 34.6 Å². The highest BCUT2D eigenvalue weighted by Crippen LogP contribution is 2.38. The third-order valence-electron chi connectivity index (χ3n) is 4.95. The molecule has 1 amide bonds. The van der Waals surface area contributed by atoms with Crippen molar-refractivity contribution in [3.05, 3.63) is 47.0 Å². The van der Waals surface area contributed by atoms with Gasteiger partial charge in [-0.2, -0.15) is 0 Å². The van der Waals surface area contributed by atoms with Crippen LogP contribution in [0.4, 0.5) is 0 Å². The average Bonchev–Trinajstić information content (AvgIpc) is 3.14. The summed E-state index contributed by atoms with van der Waals surface area (Å²) in [6.07, 6.45) is 4.17. The number of nitrogens with one attached hydrogen (secondary N) is 1. The predicted octanol–water partition coefficient (Wildman–Crippen LogP) is 3.76. The molecule has 31 heavy (non-hydrogen) atoms. The highest BCUT2D eigenvalue weighted by Gasteiger charge is 2.22. The lowest BCUT2D eigenvalue weighted by Gasteiger charge is -2.13. The molecule has 0 fully saturated rings. The summed E-state index contributed by atoms with van der Waals surface area (Å²) in [6.45, 7) is 4.86. The lowest BCUT2D eigenvalue weighted by Crippen LogP contribution is -2.20. The molecule has 2 aromatic carbocycles. The van der Waals surface area contributed by atoms with Crippen molar-refractivity contribution in [1.82, 2.24) is 5.32 Å². The number of rotatable bonds is 9. The topological polar surface area (TPSA) is 75.3 Å². The minimum atomic E-state index is -0.231. The molecule has 7 heteroatoms. The number of hydrogen-bond acceptors (Lipinski definition) is 6. The van der Waals surface area contributed by atoms with Crippen LogP contribution in [0.15, 0.2) is 30.3 Å². The van der Waals surface area contributed by atoms with E-state index in [9.17, 15) is 4.79 Å². The molecule has 0 radical (unpaired) electrons. The maximum atomic E-state index is 12.4. The van der Waals surface area contributed by atoms with Gasteiger partial charge < -0.3 is 29.0 Å². The van der Waals surface area contributed by atoms with Crippen LogP contribution in [0.2, 0.25) is 0 Å². The van der Waals surface area contributed by atoms with Gasteiger partial charge in [-0.05, 0) is 49.8 Å². The van der Waals surface area contributed by atoms with E-state index in [0.29, 0.717) is 30.4 Å². The van der Waals surface area contributed by atoms with Crippen LogP contribution in [0.3, 0.4) is 0 Å². The first-order chi connectivity index (χ1) is 15.0. The molecule has 1 N–H and O–H groups in total. The molecule has 1 atom stereocenters. The molecule has 3 rings (SSSR count). The smallest absolute Gasteiger partial charge is 0.244 e. The van der Waals surface area contributed by atoms with Crippen molar-refractivity contribution in [2.45, 2.75) is 32.9 Å². The van der Waals surface area contributed by atoms with Crippen LogP contribution in [0.25, 0.3) is 6.08 Å². The predicted molar refractivity (Wildman–Crippen MR) is 118 cm³/mol. The highest BCUT2D eigenvalue weighted by atomic mass is 16.5. The number of benzene rings is 2. The van der Waals surface area contributed by atoms with Gasteiger partial charge in [0.15, 0.2) is 11.5 Å². The SMILES string of the molecule is CCOc1cc2c(cc1CNC(=O)/C=C/c1cc(OC)c(OC)c(OC)c1)O[C@@H](C)C2. The summed E-state index contributed by atoms with van der Waals surface area (Å²) < 4.78 is 27.6. The second-order valence-corrected chi connectivity index (χ2v) is 7.14. The maximum absolute atomic E-state index is 12.4. The molecule has 0 bridgehead atoms. The molecule has 1 aliphatic rings. The van der Waals surface area contributed by atoms with Crippen LogP contribution >= 0.6 is 0 Å². The molecular formula is C24H29NO6. The van der Waals surface area contributed by atoms with Crippen molar-refractivity contribution in [1.29, 1.82) is 0 Å². The number of fused-ring (bicyclic) bond motifs is 1. The van der Waals surface area contributed by atoms with E-state index in [-0.39, 0.29) is 12.0 Å². The zero-order chi connectivity index (χ0) is 22.4. The molecule has 1 aliphatic heterocycles. The van der Waals surface area contributed by atoms with E-state index in [2.05, 4.69) is 5.32 Å². The fourth-order valence-electron chi connectivity index (χ4n) is 3.52. The Morgan fingerprint density at radius 2 is 1.81 bits per heavy atom. The Balaban J connectivity index is 1.71. The summed E-state index contributed by atoms with van der Waals surface area (Å²) in [4.78, 5) is 12.4. The third-order valence-corrected chi connectivity index (χ3v) is 4.95. The van der Waals surface area contributed by atoms with Gasteiger partial charge in [-0.25, -0.2) is 0 Å². The van der Waals surface area contributed by atoms with Crippen molar-refractivity contribution in [3.8, 4) is 28.7 Å². The van der Waals surface area contributed by atoms with Crippen molar-refractivity contribution in [2.24, 2.45) is 0 Å². The van der Waals surface area contributed by atoms with Gasteiger partial charge in [0.1, 0.15) is 17.6 Å². The molecule has 0 aliphatic carbocycles. The molecule has 1 heterocycles. The summed E-state index contributed by atoms with van der Waals surface area (Å²) in [6, 6.07) is 7.51. The number of amides is 1. The monoisotopic (exact) mass is 427 g/mol. The zero-order valence-electron chi connectivity index (χ0n) is 18.6. The minimum absolute atomic E-state index is 0.149. The van der Waals surface area contributed by atoms with E-state index >= 15 is 0 Å². The van der Waals surface area contributed by atoms with Gasteiger partial charge in [0.05, 0.1) is 27.9 Å². The van der Waals surface area contributed by atoms with Crippen LogP contribution in [-0.4, -0.2) is 39.9 Å². The van der Waals surface area contributed by atoms with Crippen LogP contribution in [-0.2, 0) is 17.8 Å². The first-order valence-corrected chi connectivity index (χ1v) is 10.2. The summed E-state index contributed by atoms with van der Waals surface area (Å²) >= 11 is 0. The number of methoxy groups -OCH3 is 3. The first kappa shape index (κ1) is 22.3. The van der Waals surface area contributed by atoms with Crippen molar-refractivity contribution >= 4 is 12.0 Å². The van der Waals surface area contributed by atoms with Crippen LogP contribution in [0, 0.1) is 0 Å². The number of hydrogen-bond donors (Lipinski definition) is 1. The molecule has 7 nitrogen and oxygen atoms in total. The van der Waals surface area contributed by atoms with Crippen LogP contribution in [0.1, 0.15) is 30.5 Å². The summed E-state index contributed by atoms with van der Waals surface area (Å²) in [5, 5.41) is 2.90. The van der Waals surface area contributed by atoms with E-state index in [1.54, 1.807) is 39.5 Å². The molecule has 0 saturated carbocycles. The largest absolute Gasteiger partial charge is 0.494 e. The molecule has 0 unspecified atom stereocenters. The molecule has 166 valence electrons. The van der Waals surface area contributed by atoms with E-state index in [1.807, 2.05) is 26.0 Å². The van der Waals surface area contributed by atoms with Gasteiger partial charge in [0.25, 0.3) is 0 Å². The van der Waals surface area contributed by atoms with Gasteiger partial charge in [-0.3, -0.25) is 4.79 Å². The molecule has 0 saturated heterocycles. The Labute approximate surface area is 182 Å². The Morgan fingerprint density at radius 3 is 2.42 bits per heavy atom. The van der Waals surface area contributed by atoms with E-state index < -0.39 is 0 Å². The fourth-order valence-corrected chi connectivity index (χ4v) is 3.52. The Bertz CT molecular complexity index is 944. The zero-order valence-corrected chi connectivity index (χ0v) is 18.6. The summed E-state index contributed by atoms with van der Waals surface area (Å²) in [5.41, 5.74) is 2.76. The third kappa shape index (κ3) is 5.23. The highest BCUT2D eigenvalue weighted by molar-refractivity contribution is 5.92. The lowest BCUT2D eigenvalue weighted by molar-refractivity contribution is -0.116. The minimum Gasteiger partial charge on any atom is -0.494 e. The second kappa shape index (κ2) is 10.1. The molecule has 0 spiro atoms. The number of carbonyl (C=O) groups excluding carboxylic acids is 1.